The first-order valence-electron chi connectivity index (χ1n) is 5.35. The van der Waals surface area contributed by atoms with Gasteiger partial charge in [0.15, 0.2) is 0 Å². The first-order valence-corrected chi connectivity index (χ1v) is 5.35. The molecule has 1 aliphatic heterocycles. The van der Waals surface area contributed by atoms with E-state index in [0.29, 0.717) is 12.3 Å². The van der Waals surface area contributed by atoms with Crippen molar-refractivity contribution in [3.8, 4) is 0 Å². The number of nitrogens with two attached hydrogens (primary N) is 1. The van der Waals surface area contributed by atoms with Crippen LogP contribution in [0.3, 0.4) is 0 Å². The summed E-state index contributed by atoms with van der Waals surface area (Å²) in [6.07, 6.45) is 1.86. The molecular weight excluding hydrogens is 178 g/mol. The quantitative estimate of drug-likeness (QED) is 0.488. The summed E-state index contributed by atoms with van der Waals surface area (Å²) in [5.41, 5.74) is 5.34. The van der Waals surface area contributed by atoms with E-state index in [1.54, 1.807) is 0 Å². The summed E-state index contributed by atoms with van der Waals surface area (Å²) >= 11 is 0. The lowest BCUT2D eigenvalue weighted by molar-refractivity contribution is 0.169. The van der Waals surface area contributed by atoms with Crippen molar-refractivity contribution in [1.82, 2.24) is 4.90 Å². The first-order chi connectivity index (χ1) is 6.72. The van der Waals surface area contributed by atoms with Crippen molar-refractivity contribution in [1.29, 1.82) is 5.41 Å². The minimum absolute atomic E-state index is 0.283. The smallest absolute Gasteiger partial charge is 0.0918 e. The van der Waals surface area contributed by atoms with E-state index < -0.39 is 0 Å². The highest BCUT2D eigenvalue weighted by Gasteiger charge is 2.18. The molecule has 0 aliphatic carbocycles. The van der Waals surface area contributed by atoms with Crippen molar-refractivity contribution in [2.45, 2.75) is 19.8 Å². The SMILES string of the molecule is CCN(CCC(=N)N)CC1CCOC1. The van der Waals surface area contributed by atoms with E-state index in [-0.39, 0.29) is 5.84 Å². The van der Waals surface area contributed by atoms with Gasteiger partial charge in [0.05, 0.1) is 12.4 Å². The van der Waals surface area contributed by atoms with Crippen molar-refractivity contribution in [2.24, 2.45) is 11.7 Å². The largest absolute Gasteiger partial charge is 0.388 e. The topological polar surface area (TPSA) is 62.3 Å². The van der Waals surface area contributed by atoms with Gasteiger partial charge in [0, 0.05) is 26.1 Å². The maximum Gasteiger partial charge on any atom is 0.0918 e. The predicted octanol–water partition coefficient (Wildman–Crippen LogP) is 0.671. The van der Waals surface area contributed by atoms with Gasteiger partial charge in [-0.25, -0.2) is 0 Å². The molecule has 0 aromatic heterocycles. The Labute approximate surface area is 85.9 Å². The molecule has 4 heteroatoms. The van der Waals surface area contributed by atoms with Crippen molar-refractivity contribution in [3.05, 3.63) is 0 Å². The summed E-state index contributed by atoms with van der Waals surface area (Å²) in [5, 5.41) is 7.17. The third kappa shape index (κ3) is 4.07. The number of hydrogen-bond acceptors (Lipinski definition) is 3. The fraction of sp³-hybridized carbons (Fsp3) is 0.900. The van der Waals surface area contributed by atoms with Gasteiger partial charge in [-0.15, -0.1) is 0 Å². The minimum atomic E-state index is 0.283. The molecule has 0 amide bonds. The molecule has 0 aromatic rings. The van der Waals surface area contributed by atoms with Crippen LogP contribution in [0.25, 0.3) is 0 Å². The number of rotatable bonds is 6. The third-order valence-corrected chi connectivity index (χ3v) is 2.68. The van der Waals surface area contributed by atoms with Gasteiger partial charge in [0.25, 0.3) is 0 Å². The summed E-state index contributed by atoms with van der Waals surface area (Å²) < 4.78 is 5.33. The van der Waals surface area contributed by atoms with E-state index in [1.807, 2.05) is 0 Å². The Morgan fingerprint density at radius 2 is 2.43 bits per heavy atom. The van der Waals surface area contributed by atoms with E-state index in [4.69, 9.17) is 15.9 Å². The van der Waals surface area contributed by atoms with Crippen LogP contribution in [0.5, 0.6) is 0 Å². The Hall–Kier alpha value is -0.610. The lowest BCUT2D eigenvalue weighted by atomic mass is 10.1. The maximum absolute atomic E-state index is 7.17. The molecule has 1 fully saturated rings. The summed E-state index contributed by atoms with van der Waals surface area (Å²) in [4.78, 5) is 2.35. The average Bonchev–Trinajstić information content (AvgIpc) is 2.64. The van der Waals surface area contributed by atoms with Crippen molar-refractivity contribution in [3.63, 3.8) is 0 Å². The number of hydrogen-bond donors (Lipinski definition) is 2. The fourth-order valence-electron chi connectivity index (χ4n) is 1.75. The minimum Gasteiger partial charge on any atom is -0.388 e. The molecule has 0 aromatic carbocycles. The van der Waals surface area contributed by atoms with Crippen LogP contribution >= 0.6 is 0 Å². The monoisotopic (exact) mass is 199 g/mol. The molecule has 14 heavy (non-hydrogen) atoms. The molecular formula is C10H21N3O. The Kier molecular flexibility index (Phi) is 4.90. The van der Waals surface area contributed by atoms with Gasteiger partial charge in [-0.2, -0.15) is 0 Å². The molecule has 1 atom stereocenters. The van der Waals surface area contributed by atoms with Crippen LogP contribution in [0.1, 0.15) is 19.8 Å². The van der Waals surface area contributed by atoms with Crippen LogP contribution in [0.2, 0.25) is 0 Å². The zero-order valence-corrected chi connectivity index (χ0v) is 8.96. The second-order valence-corrected chi connectivity index (χ2v) is 3.90. The molecule has 0 radical (unpaired) electrons. The van der Waals surface area contributed by atoms with Crippen LogP contribution in [0, 0.1) is 11.3 Å². The van der Waals surface area contributed by atoms with E-state index in [1.165, 1.54) is 6.42 Å². The van der Waals surface area contributed by atoms with Crippen LogP contribution < -0.4 is 5.73 Å². The van der Waals surface area contributed by atoms with E-state index >= 15 is 0 Å². The van der Waals surface area contributed by atoms with Gasteiger partial charge in [-0.05, 0) is 18.9 Å². The summed E-state index contributed by atoms with van der Waals surface area (Å²) in [7, 11) is 0. The van der Waals surface area contributed by atoms with Crippen LogP contribution in [0.15, 0.2) is 0 Å². The highest BCUT2D eigenvalue weighted by Crippen LogP contribution is 2.13. The summed E-state index contributed by atoms with van der Waals surface area (Å²) in [6, 6.07) is 0. The second-order valence-electron chi connectivity index (χ2n) is 3.90. The fourth-order valence-corrected chi connectivity index (χ4v) is 1.75. The van der Waals surface area contributed by atoms with Crippen molar-refractivity contribution >= 4 is 5.84 Å². The number of amidine groups is 1. The van der Waals surface area contributed by atoms with Crippen LogP contribution in [-0.2, 0) is 4.74 Å². The lowest BCUT2D eigenvalue weighted by Gasteiger charge is -2.22. The Bertz CT molecular complexity index is 178. The summed E-state index contributed by atoms with van der Waals surface area (Å²) in [6.45, 7) is 6.98. The first kappa shape index (κ1) is 11.5. The highest BCUT2D eigenvalue weighted by atomic mass is 16.5. The van der Waals surface area contributed by atoms with Gasteiger partial charge in [-0.1, -0.05) is 6.92 Å². The lowest BCUT2D eigenvalue weighted by Crippen LogP contribution is -2.32. The number of nitrogens with one attached hydrogen (secondary N) is 1. The van der Waals surface area contributed by atoms with Gasteiger partial charge in [0.1, 0.15) is 0 Å². The Balaban J connectivity index is 2.19. The average molecular weight is 199 g/mol. The zero-order valence-electron chi connectivity index (χ0n) is 8.96. The molecule has 0 spiro atoms. The highest BCUT2D eigenvalue weighted by molar-refractivity contribution is 5.76. The molecule has 0 saturated carbocycles. The number of ether oxygens (including phenoxy) is 1. The second kappa shape index (κ2) is 5.98. The van der Waals surface area contributed by atoms with Crippen molar-refractivity contribution < 1.29 is 4.74 Å². The van der Waals surface area contributed by atoms with E-state index in [0.717, 1.165) is 32.8 Å². The molecule has 1 heterocycles. The molecule has 4 nitrogen and oxygen atoms in total. The molecule has 82 valence electrons. The van der Waals surface area contributed by atoms with Gasteiger partial charge >= 0.3 is 0 Å². The van der Waals surface area contributed by atoms with Gasteiger partial charge in [-0.3, -0.25) is 5.41 Å². The van der Waals surface area contributed by atoms with E-state index in [9.17, 15) is 0 Å². The Morgan fingerprint density at radius 3 is 2.93 bits per heavy atom. The zero-order chi connectivity index (χ0) is 10.4. The van der Waals surface area contributed by atoms with Crippen molar-refractivity contribution in [2.75, 3.05) is 32.8 Å². The molecule has 3 N–H and O–H groups in total. The summed E-state index contributed by atoms with van der Waals surface area (Å²) in [5.74, 6) is 0.966. The Morgan fingerprint density at radius 1 is 1.64 bits per heavy atom. The standard InChI is InChI=1S/C10H21N3O/c1-2-13(5-3-10(11)12)7-9-4-6-14-8-9/h9H,2-8H2,1H3,(H3,11,12). The molecule has 1 aliphatic rings. The van der Waals surface area contributed by atoms with Gasteiger partial charge in [0.2, 0.25) is 0 Å². The van der Waals surface area contributed by atoms with Gasteiger partial charge < -0.3 is 15.4 Å². The maximum atomic E-state index is 7.17. The molecule has 1 rings (SSSR count). The molecule has 1 saturated heterocycles. The normalized spacial score (nSPS) is 21.7. The molecule has 1 unspecified atom stereocenters. The third-order valence-electron chi connectivity index (χ3n) is 2.68. The number of nitrogens with zero attached hydrogens (tertiary/aromatic N) is 1. The molecule has 0 bridgehead atoms. The van der Waals surface area contributed by atoms with E-state index in [2.05, 4.69) is 11.8 Å². The van der Waals surface area contributed by atoms with Crippen LogP contribution in [0.4, 0.5) is 0 Å². The van der Waals surface area contributed by atoms with Crippen LogP contribution in [-0.4, -0.2) is 43.6 Å². The predicted molar refractivity (Wildman–Crippen MR) is 57.6 cm³/mol.